The van der Waals surface area contributed by atoms with Gasteiger partial charge in [-0.3, -0.25) is 0 Å². The molecular formula is C23H34O2. The van der Waals surface area contributed by atoms with Crippen LogP contribution in [0.15, 0.2) is 36.0 Å². The molecule has 0 aromatic carbocycles. The van der Waals surface area contributed by atoms with Crippen molar-refractivity contribution < 1.29 is 10.2 Å². The Morgan fingerprint density at radius 1 is 1.12 bits per heavy atom. The smallest absolute Gasteiger partial charge is 0.0530 e. The average molecular weight is 343 g/mol. The summed E-state index contributed by atoms with van der Waals surface area (Å²) in [5.41, 5.74) is 3.95. The second kappa shape index (κ2) is 6.09. The van der Waals surface area contributed by atoms with Gasteiger partial charge in [-0.05, 0) is 97.2 Å². The summed E-state index contributed by atoms with van der Waals surface area (Å²) in [4.78, 5) is 0. The molecule has 4 aliphatic rings. The van der Waals surface area contributed by atoms with Crippen molar-refractivity contribution in [3.05, 3.63) is 36.0 Å². The molecule has 6 atom stereocenters. The van der Waals surface area contributed by atoms with Gasteiger partial charge in [-0.15, -0.1) is 0 Å². The van der Waals surface area contributed by atoms with Crippen molar-refractivity contribution in [2.75, 3.05) is 13.2 Å². The average Bonchev–Trinajstić information content (AvgIpc) is 2.96. The molecule has 0 aromatic heterocycles. The minimum Gasteiger partial charge on any atom is -0.396 e. The lowest BCUT2D eigenvalue weighted by Crippen LogP contribution is -2.53. The summed E-state index contributed by atoms with van der Waals surface area (Å²) in [6, 6.07) is 0. The van der Waals surface area contributed by atoms with Crippen LogP contribution in [0, 0.1) is 34.5 Å². The van der Waals surface area contributed by atoms with Crippen molar-refractivity contribution in [3.8, 4) is 0 Å². The van der Waals surface area contributed by atoms with Gasteiger partial charge in [-0.25, -0.2) is 0 Å². The van der Waals surface area contributed by atoms with E-state index in [-0.39, 0.29) is 12.0 Å². The third-order valence-corrected chi connectivity index (χ3v) is 8.76. The molecule has 0 heterocycles. The Balaban J connectivity index is 1.76. The van der Waals surface area contributed by atoms with Crippen LogP contribution in [0.5, 0.6) is 0 Å². The first-order chi connectivity index (χ1) is 12.0. The molecule has 3 saturated carbocycles. The van der Waals surface area contributed by atoms with Gasteiger partial charge in [0.2, 0.25) is 0 Å². The maximum Gasteiger partial charge on any atom is 0.0530 e. The van der Waals surface area contributed by atoms with Gasteiger partial charge in [0.15, 0.2) is 0 Å². The van der Waals surface area contributed by atoms with E-state index < -0.39 is 0 Å². The Labute approximate surface area is 152 Å². The van der Waals surface area contributed by atoms with Crippen LogP contribution in [0.1, 0.15) is 58.3 Å². The number of allylic oxidation sites excluding steroid dienone is 3. The van der Waals surface area contributed by atoms with Crippen LogP contribution >= 0.6 is 0 Å². The Morgan fingerprint density at radius 3 is 2.64 bits per heavy atom. The van der Waals surface area contributed by atoms with Gasteiger partial charge < -0.3 is 10.2 Å². The molecule has 4 rings (SSSR count). The van der Waals surface area contributed by atoms with E-state index in [1.165, 1.54) is 43.3 Å². The SMILES string of the molecule is C=C1C(=C)[C@@H]2[C@H](CC[C@]3(C)[C@@H](CCO)CC[C@@H]23)[C@@]2(CO)CCCC=C12. The number of aliphatic hydroxyl groups excluding tert-OH is 2. The van der Waals surface area contributed by atoms with Crippen LogP contribution < -0.4 is 0 Å². The van der Waals surface area contributed by atoms with E-state index in [0.717, 1.165) is 24.8 Å². The first-order valence-electron chi connectivity index (χ1n) is 10.3. The van der Waals surface area contributed by atoms with Crippen molar-refractivity contribution >= 4 is 0 Å². The number of rotatable bonds is 3. The summed E-state index contributed by atoms with van der Waals surface area (Å²) in [6.45, 7) is 12.0. The quantitative estimate of drug-likeness (QED) is 0.784. The van der Waals surface area contributed by atoms with Crippen molar-refractivity contribution in [1.29, 1.82) is 0 Å². The summed E-state index contributed by atoms with van der Waals surface area (Å²) in [5, 5.41) is 20.0. The van der Waals surface area contributed by atoms with Crippen LogP contribution in [0.4, 0.5) is 0 Å². The van der Waals surface area contributed by atoms with Gasteiger partial charge in [0.25, 0.3) is 0 Å². The van der Waals surface area contributed by atoms with Crippen LogP contribution in [-0.4, -0.2) is 23.4 Å². The lowest BCUT2D eigenvalue weighted by molar-refractivity contribution is -0.0495. The van der Waals surface area contributed by atoms with E-state index in [1.54, 1.807) is 0 Å². The Kier molecular flexibility index (Phi) is 4.28. The highest BCUT2D eigenvalue weighted by molar-refractivity contribution is 5.54. The zero-order chi connectivity index (χ0) is 17.8. The first-order valence-corrected chi connectivity index (χ1v) is 10.3. The maximum absolute atomic E-state index is 10.5. The zero-order valence-electron chi connectivity index (χ0n) is 15.8. The van der Waals surface area contributed by atoms with E-state index in [0.29, 0.717) is 35.7 Å². The largest absolute Gasteiger partial charge is 0.396 e. The van der Waals surface area contributed by atoms with E-state index in [2.05, 4.69) is 26.2 Å². The van der Waals surface area contributed by atoms with Gasteiger partial charge in [-0.2, -0.15) is 0 Å². The molecule has 0 aromatic rings. The molecule has 0 radical (unpaired) electrons. The van der Waals surface area contributed by atoms with Crippen molar-refractivity contribution in [2.45, 2.75) is 58.3 Å². The molecule has 2 N–H and O–H groups in total. The van der Waals surface area contributed by atoms with Gasteiger partial charge in [-0.1, -0.05) is 26.2 Å². The molecule has 4 aliphatic carbocycles. The lowest BCUT2D eigenvalue weighted by atomic mass is 9.45. The standard InChI is InChI=1S/C23H34O2/c1-15-16(2)21-19-8-7-17(10-13-24)22(19,3)12-9-20(21)23(14-25)11-5-4-6-18(15)23/h6,17,19-21,24-25H,1-2,4-5,7-14H2,3H3/t17-,19+,20+,21+,22-,23-/m1/s1. The summed E-state index contributed by atoms with van der Waals surface area (Å²) in [6.07, 6.45) is 11.6. The van der Waals surface area contributed by atoms with Crippen LogP contribution in [0.2, 0.25) is 0 Å². The minimum atomic E-state index is -0.0718. The summed E-state index contributed by atoms with van der Waals surface area (Å²) in [5.74, 6) is 2.27. The fraction of sp³-hybridized carbons (Fsp3) is 0.739. The molecule has 138 valence electrons. The molecule has 0 bridgehead atoms. The second-order valence-corrected chi connectivity index (χ2v) is 9.40. The van der Waals surface area contributed by atoms with Crippen LogP contribution in [0.3, 0.4) is 0 Å². The Bertz CT molecular complexity index is 618. The van der Waals surface area contributed by atoms with E-state index in [9.17, 15) is 10.2 Å². The lowest BCUT2D eigenvalue weighted by Gasteiger charge is -2.60. The van der Waals surface area contributed by atoms with Crippen molar-refractivity contribution in [1.82, 2.24) is 0 Å². The number of aliphatic hydroxyl groups is 2. The fourth-order valence-corrected chi connectivity index (χ4v) is 7.45. The van der Waals surface area contributed by atoms with Crippen LogP contribution in [-0.2, 0) is 0 Å². The molecule has 2 nitrogen and oxygen atoms in total. The first kappa shape index (κ1) is 17.5. The number of fused-ring (bicyclic) bond motifs is 5. The number of hydrogen-bond donors (Lipinski definition) is 2. The molecule has 0 unspecified atom stereocenters. The second-order valence-electron chi connectivity index (χ2n) is 9.40. The predicted molar refractivity (Wildman–Crippen MR) is 102 cm³/mol. The van der Waals surface area contributed by atoms with Crippen molar-refractivity contribution in [2.24, 2.45) is 34.5 Å². The maximum atomic E-state index is 10.5. The van der Waals surface area contributed by atoms with Crippen LogP contribution in [0.25, 0.3) is 0 Å². The molecule has 0 amide bonds. The molecule has 0 saturated heterocycles. The number of hydrogen-bond acceptors (Lipinski definition) is 2. The molecular weight excluding hydrogens is 308 g/mol. The van der Waals surface area contributed by atoms with E-state index >= 15 is 0 Å². The van der Waals surface area contributed by atoms with E-state index in [4.69, 9.17) is 0 Å². The summed E-state index contributed by atoms with van der Waals surface area (Å²) >= 11 is 0. The fourth-order valence-electron chi connectivity index (χ4n) is 7.45. The molecule has 0 spiro atoms. The van der Waals surface area contributed by atoms with Crippen molar-refractivity contribution in [3.63, 3.8) is 0 Å². The topological polar surface area (TPSA) is 40.5 Å². The predicted octanol–water partition coefficient (Wildman–Crippen LogP) is 4.64. The highest BCUT2D eigenvalue weighted by atomic mass is 16.3. The highest BCUT2D eigenvalue weighted by Gasteiger charge is 2.61. The third-order valence-electron chi connectivity index (χ3n) is 8.76. The molecule has 25 heavy (non-hydrogen) atoms. The molecule has 0 aliphatic heterocycles. The normalized spacial score (nSPS) is 46.3. The minimum absolute atomic E-state index is 0.0718. The summed E-state index contributed by atoms with van der Waals surface area (Å²) < 4.78 is 0. The summed E-state index contributed by atoms with van der Waals surface area (Å²) in [7, 11) is 0. The Morgan fingerprint density at radius 2 is 1.92 bits per heavy atom. The highest BCUT2D eigenvalue weighted by Crippen LogP contribution is 2.68. The zero-order valence-corrected chi connectivity index (χ0v) is 15.8. The van der Waals surface area contributed by atoms with Gasteiger partial charge in [0, 0.05) is 12.0 Å². The Hall–Kier alpha value is -0.860. The van der Waals surface area contributed by atoms with E-state index in [1.807, 2.05) is 0 Å². The molecule has 3 fully saturated rings. The van der Waals surface area contributed by atoms with Gasteiger partial charge in [0.1, 0.15) is 0 Å². The van der Waals surface area contributed by atoms with Gasteiger partial charge >= 0.3 is 0 Å². The third kappa shape index (κ3) is 2.23. The van der Waals surface area contributed by atoms with Gasteiger partial charge in [0.05, 0.1) is 6.61 Å². The monoisotopic (exact) mass is 342 g/mol. The molecule has 2 heteroatoms.